The molecule has 0 unspecified atom stereocenters. The average Bonchev–Trinajstić information content (AvgIpc) is 3.00. The molecule has 6 nitrogen and oxygen atoms in total. The highest BCUT2D eigenvalue weighted by Crippen LogP contribution is 2.41. The molecular formula is C18H27F3N4O2. The number of anilines is 1. The van der Waals surface area contributed by atoms with Gasteiger partial charge < -0.3 is 14.9 Å². The van der Waals surface area contributed by atoms with Gasteiger partial charge in [0.15, 0.2) is 5.82 Å². The lowest BCUT2D eigenvalue weighted by Crippen LogP contribution is -2.34. The van der Waals surface area contributed by atoms with Gasteiger partial charge in [-0.25, -0.2) is 4.79 Å². The Hall–Kier alpha value is -1.90. The van der Waals surface area contributed by atoms with Gasteiger partial charge >= 0.3 is 12.1 Å². The lowest BCUT2D eigenvalue weighted by atomic mass is 9.74. The molecule has 0 spiro atoms. The number of nitrogens with zero attached hydrogens (tertiary/aromatic N) is 4. The minimum Gasteiger partial charge on any atom is -0.475 e. The van der Waals surface area contributed by atoms with Crippen LogP contribution in [-0.2, 0) is 4.79 Å². The number of alkyl halides is 3. The van der Waals surface area contributed by atoms with Crippen LogP contribution in [0.25, 0.3) is 0 Å². The van der Waals surface area contributed by atoms with Crippen LogP contribution in [0.15, 0.2) is 12.1 Å². The van der Waals surface area contributed by atoms with Gasteiger partial charge in [0.05, 0.1) is 5.69 Å². The van der Waals surface area contributed by atoms with Crippen LogP contribution in [0.4, 0.5) is 19.0 Å². The molecule has 152 valence electrons. The molecule has 27 heavy (non-hydrogen) atoms. The number of aromatic nitrogens is 2. The van der Waals surface area contributed by atoms with Crippen molar-refractivity contribution in [2.24, 2.45) is 17.8 Å². The molecule has 3 rings (SSSR count). The molecule has 2 heterocycles. The minimum absolute atomic E-state index is 0.842. The fourth-order valence-electron chi connectivity index (χ4n) is 4.04. The third-order valence-corrected chi connectivity index (χ3v) is 5.20. The SMILES string of the molecule is Cc1ccc(N2C[C@H]3CCC[C@@H](CN(C)C)[C@H]3C2)nn1.O=C(O)C(F)(F)F. The third-order valence-electron chi connectivity index (χ3n) is 5.20. The summed E-state index contributed by atoms with van der Waals surface area (Å²) in [7, 11) is 4.39. The summed E-state index contributed by atoms with van der Waals surface area (Å²) in [5.41, 5.74) is 0.996. The largest absolute Gasteiger partial charge is 0.490 e. The Bertz CT molecular complexity index is 622. The average molecular weight is 388 g/mol. The minimum atomic E-state index is -5.08. The van der Waals surface area contributed by atoms with Gasteiger partial charge in [-0.15, -0.1) is 5.10 Å². The highest BCUT2D eigenvalue weighted by atomic mass is 19.4. The fourth-order valence-corrected chi connectivity index (χ4v) is 4.04. The second-order valence-corrected chi connectivity index (χ2v) is 7.62. The Morgan fingerprint density at radius 1 is 1.26 bits per heavy atom. The number of aliphatic carboxylic acids is 1. The standard InChI is InChI=1S/C16H26N4.C2HF3O2/c1-12-7-8-16(18-17-12)20-10-14-6-4-5-13(9-19(2)3)15(14)11-20;3-2(4,5)1(6)7/h7-8,13-15H,4-6,9-11H2,1-3H3;(H,6,7)/t13-,14+,15+;/m0./s1. The van der Waals surface area contributed by atoms with Crippen molar-refractivity contribution in [1.82, 2.24) is 15.1 Å². The van der Waals surface area contributed by atoms with Crippen LogP contribution >= 0.6 is 0 Å². The van der Waals surface area contributed by atoms with Gasteiger partial charge in [-0.05, 0) is 63.7 Å². The summed E-state index contributed by atoms with van der Waals surface area (Å²) in [6.07, 6.45) is -0.899. The molecular weight excluding hydrogens is 361 g/mol. The zero-order valence-electron chi connectivity index (χ0n) is 15.9. The van der Waals surface area contributed by atoms with Crippen LogP contribution in [0.5, 0.6) is 0 Å². The van der Waals surface area contributed by atoms with Gasteiger partial charge in [0.2, 0.25) is 0 Å². The summed E-state index contributed by atoms with van der Waals surface area (Å²) in [6, 6.07) is 4.20. The monoisotopic (exact) mass is 388 g/mol. The van der Waals surface area contributed by atoms with Crippen LogP contribution in [0.2, 0.25) is 0 Å². The molecule has 1 N–H and O–H groups in total. The molecule has 0 amide bonds. The Morgan fingerprint density at radius 3 is 2.44 bits per heavy atom. The van der Waals surface area contributed by atoms with E-state index in [2.05, 4.69) is 46.2 Å². The summed E-state index contributed by atoms with van der Waals surface area (Å²) in [5, 5.41) is 15.7. The highest BCUT2D eigenvalue weighted by Gasteiger charge is 2.40. The van der Waals surface area contributed by atoms with Crippen molar-refractivity contribution >= 4 is 11.8 Å². The highest BCUT2D eigenvalue weighted by molar-refractivity contribution is 5.73. The first-order chi connectivity index (χ1) is 12.6. The van der Waals surface area contributed by atoms with Gasteiger partial charge in [-0.2, -0.15) is 18.3 Å². The zero-order valence-corrected chi connectivity index (χ0v) is 15.9. The van der Waals surface area contributed by atoms with Gasteiger partial charge in [0, 0.05) is 19.6 Å². The molecule has 1 saturated carbocycles. The number of halogens is 3. The number of carboxylic acids is 1. The Balaban J connectivity index is 0.000000321. The van der Waals surface area contributed by atoms with Crippen LogP contribution in [0.1, 0.15) is 25.0 Å². The molecule has 2 fully saturated rings. The quantitative estimate of drug-likeness (QED) is 0.859. The van der Waals surface area contributed by atoms with E-state index < -0.39 is 12.1 Å². The Labute approximate surface area is 157 Å². The van der Waals surface area contributed by atoms with E-state index in [0.717, 1.165) is 29.3 Å². The Kier molecular flexibility index (Phi) is 7.02. The van der Waals surface area contributed by atoms with Gasteiger partial charge in [-0.3, -0.25) is 0 Å². The van der Waals surface area contributed by atoms with E-state index in [4.69, 9.17) is 9.90 Å². The van der Waals surface area contributed by atoms with Crippen molar-refractivity contribution in [3.05, 3.63) is 17.8 Å². The number of hydrogen-bond acceptors (Lipinski definition) is 5. The number of carboxylic acid groups (broad SMARTS) is 1. The third kappa shape index (κ3) is 6.05. The lowest BCUT2D eigenvalue weighted by Gasteiger charge is -2.34. The van der Waals surface area contributed by atoms with E-state index in [-0.39, 0.29) is 0 Å². The summed E-state index contributed by atoms with van der Waals surface area (Å²) in [5.74, 6) is 0.860. The van der Waals surface area contributed by atoms with E-state index >= 15 is 0 Å². The molecule has 1 aliphatic heterocycles. The lowest BCUT2D eigenvalue weighted by molar-refractivity contribution is -0.192. The second kappa shape index (κ2) is 8.86. The van der Waals surface area contributed by atoms with Gasteiger partial charge in [-0.1, -0.05) is 6.42 Å². The first kappa shape index (κ1) is 21.4. The Morgan fingerprint density at radius 2 is 1.93 bits per heavy atom. The van der Waals surface area contributed by atoms with E-state index in [1.165, 1.54) is 38.9 Å². The maximum Gasteiger partial charge on any atom is 0.490 e. The molecule has 2 aliphatic rings. The van der Waals surface area contributed by atoms with Crippen LogP contribution in [0, 0.1) is 24.7 Å². The van der Waals surface area contributed by atoms with Crippen molar-refractivity contribution in [1.29, 1.82) is 0 Å². The van der Waals surface area contributed by atoms with E-state index in [1.54, 1.807) is 0 Å². The zero-order chi connectivity index (χ0) is 20.2. The van der Waals surface area contributed by atoms with Crippen LogP contribution < -0.4 is 4.90 Å². The molecule has 1 aromatic rings. The van der Waals surface area contributed by atoms with Gasteiger partial charge in [0.1, 0.15) is 0 Å². The predicted octanol–water partition coefficient (Wildman–Crippen LogP) is 2.83. The summed E-state index contributed by atoms with van der Waals surface area (Å²) in [6.45, 7) is 5.56. The first-order valence-electron chi connectivity index (χ1n) is 9.08. The summed E-state index contributed by atoms with van der Waals surface area (Å²) >= 11 is 0. The van der Waals surface area contributed by atoms with Crippen molar-refractivity contribution < 1.29 is 23.1 Å². The molecule has 0 aromatic carbocycles. The molecule has 1 aliphatic carbocycles. The van der Waals surface area contributed by atoms with Gasteiger partial charge in [0.25, 0.3) is 0 Å². The van der Waals surface area contributed by atoms with Crippen molar-refractivity contribution in [2.75, 3.05) is 38.6 Å². The number of carbonyl (C=O) groups is 1. The first-order valence-corrected chi connectivity index (χ1v) is 9.08. The maximum atomic E-state index is 10.6. The molecule has 9 heteroatoms. The van der Waals surface area contributed by atoms with Crippen molar-refractivity contribution in [2.45, 2.75) is 32.4 Å². The normalized spacial score (nSPS) is 25.0. The molecule has 1 aromatic heterocycles. The molecule has 1 saturated heterocycles. The van der Waals surface area contributed by atoms with Crippen molar-refractivity contribution in [3.8, 4) is 0 Å². The van der Waals surface area contributed by atoms with E-state index in [0.29, 0.717) is 0 Å². The second-order valence-electron chi connectivity index (χ2n) is 7.62. The summed E-state index contributed by atoms with van der Waals surface area (Å²) in [4.78, 5) is 13.7. The van der Waals surface area contributed by atoms with Crippen molar-refractivity contribution in [3.63, 3.8) is 0 Å². The van der Waals surface area contributed by atoms with E-state index in [9.17, 15) is 13.2 Å². The molecule has 0 radical (unpaired) electrons. The molecule has 3 atom stereocenters. The summed E-state index contributed by atoms with van der Waals surface area (Å²) < 4.78 is 31.7. The maximum absolute atomic E-state index is 10.6. The topological polar surface area (TPSA) is 69.6 Å². The molecule has 0 bridgehead atoms. The number of aryl methyl sites for hydroxylation is 1. The predicted molar refractivity (Wildman–Crippen MR) is 95.5 cm³/mol. The number of fused-ring (bicyclic) bond motifs is 1. The van der Waals surface area contributed by atoms with Crippen LogP contribution in [0.3, 0.4) is 0 Å². The van der Waals surface area contributed by atoms with E-state index in [1.807, 2.05) is 6.92 Å². The smallest absolute Gasteiger partial charge is 0.475 e. The van der Waals surface area contributed by atoms with Crippen LogP contribution in [-0.4, -0.2) is 66.1 Å². The number of rotatable bonds is 3. The fraction of sp³-hybridized carbons (Fsp3) is 0.722. The number of hydrogen-bond donors (Lipinski definition) is 1.